The van der Waals surface area contributed by atoms with Gasteiger partial charge in [-0.25, -0.2) is 0 Å². The van der Waals surface area contributed by atoms with Gasteiger partial charge < -0.3 is 9.47 Å². The van der Waals surface area contributed by atoms with Crippen LogP contribution in [-0.2, 0) is 4.79 Å². The van der Waals surface area contributed by atoms with E-state index in [0.717, 1.165) is 11.8 Å². The van der Waals surface area contributed by atoms with E-state index in [1.807, 2.05) is 0 Å². The van der Waals surface area contributed by atoms with E-state index in [1.54, 1.807) is 24.3 Å². The SMILES string of the molecule is COc1cccc(OC)c1/C=C1\SC(=O)NC1=O. The third-order valence-corrected chi connectivity index (χ3v) is 3.19. The largest absolute Gasteiger partial charge is 0.496 e. The van der Waals surface area contributed by atoms with Gasteiger partial charge in [0.15, 0.2) is 0 Å². The maximum absolute atomic E-state index is 11.5. The molecular formula is C12H11NO4S. The molecule has 1 heterocycles. The second-order valence-electron chi connectivity index (χ2n) is 3.43. The summed E-state index contributed by atoms with van der Waals surface area (Å²) in [5.41, 5.74) is 0.634. The summed E-state index contributed by atoms with van der Waals surface area (Å²) in [6.07, 6.45) is 1.59. The molecule has 6 heteroatoms. The Hall–Kier alpha value is -1.95. The highest BCUT2D eigenvalue weighted by Gasteiger charge is 2.26. The molecule has 1 N–H and O–H groups in total. The van der Waals surface area contributed by atoms with Crippen molar-refractivity contribution in [3.8, 4) is 11.5 Å². The van der Waals surface area contributed by atoms with Gasteiger partial charge in [0.1, 0.15) is 11.5 Å². The summed E-state index contributed by atoms with van der Waals surface area (Å²) in [6, 6.07) is 5.30. The van der Waals surface area contributed by atoms with Crippen molar-refractivity contribution in [1.29, 1.82) is 0 Å². The van der Waals surface area contributed by atoms with Crippen LogP contribution in [0.3, 0.4) is 0 Å². The van der Waals surface area contributed by atoms with E-state index in [-0.39, 0.29) is 5.24 Å². The molecule has 2 rings (SSSR count). The number of imide groups is 1. The molecule has 0 unspecified atom stereocenters. The van der Waals surface area contributed by atoms with Crippen LogP contribution in [0.1, 0.15) is 5.56 Å². The highest BCUT2D eigenvalue weighted by Crippen LogP contribution is 2.34. The Kier molecular flexibility index (Phi) is 3.57. The van der Waals surface area contributed by atoms with Gasteiger partial charge in [-0.15, -0.1) is 0 Å². The first-order valence-corrected chi connectivity index (χ1v) is 5.93. The maximum atomic E-state index is 11.5. The Bertz CT molecular complexity index is 517. The van der Waals surface area contributed by atoms with E-state index < -0.39 is 5.91 Å². The van der Waals surface area contributed by atoms with Crippen LogP contribution in [-0.4, -0.2) is 25.4 Å². The molecule has 1 aromatic rings. The number of hydrogen-bond donors (Lipinski definition) is 1. The highest BCUT2D eigenvalue weighted by molar-refractivity contribution is 8.18. The fourth-order valence-electron chi connectivity index (χ4n) is 1.57. The first-order chi connectivity index (χ1) is 8.65. The summed E-state index contributed by atoms with van der Waals surface area (Å²) in [7, 11) is 3.06. The number of rotatable bonds is 3. The Morgan fingerprint density at radius 1 is 1.17 bits per heavy atom. The van der Waals surface area contributed by atoms with E-state index in [1.165, 1.54) is 14.2 Å². The summed E-state index contributed by atoms with van der Waals surface area (Å²) < 4.78 is 10.4. The summed E-state index contributed by atoms with van der Waals surface area (Å²) >= 11 is 0.857. The average Bonchev–Trinajstić information content (AvgIpc) is 2.68. The molecule has 1 fully saturated rings. The smallest absolute Gasteiger partial charge is 0.290 e. The van der Waals surface area contributed by atoms with Crippen LogP contribution in [0.2, 0.25) is 0 Å². The van der Waals surface area contributed by atoms with Crippen molar-refractivity contribution in [2.75, 3.05) is 14.2 Å². The number of carbonyl (C=O) groups excluding carboxylic acids is 2. The van der Waals surface area contributed by atoms with E-state index >= 15 is 0 Å². The predicted octanol–water partition coefficient (Wildman–Crippen LogP) is 2.03. The number of amides is 2. The maximum Gasteiger partial charge on any atom is 0.290 e. The quantitative estimate of drug-likeness (QED) is 0.847. The van der Waals surface area contributed by atoms with Gasteiger partial charge in [0, 0.05) is 0 Å². The summed E-state index contributed by atoms with van der Waals surface area (Å²) in [5.74, 6) is 0.752. The number of benzene rings is 1. The summed E-state index contributed by atoms with van der Waals surface area (Å²) in [6.45, 7) is 0. The Morgan fingerprint density at radius 3 is 2.22 bits per heavy atom. The average molecular weight is 265 g/mol. The summed E-state index contributed by atoms with van der Waals surface area (Å²) in [4.78, 5) is 22.9. The second kappa shape index (κ2) is 5.14. The molecule has 0 aromatic heterocycles. The normalized spacial score (nSPS) is 16.9. The molecule has 1 saturated heterocycles. The number of methoxy groups -OCH3 is 2. The van der Waals surface area contributed by atoms with Crippen molar-refractivity contribution in [3.63, 3.8) is 0 Å². The minimum absolute atomic E-state index is 0.322. The zero-order valence-electron chi connectivity index (χ0n) is 9.85. The van der Waals surface area contributed by atoms with Gasteiger partial charge in [-0.05, 0) is 30.0 Å². The van der Waals surface area contributed by atoms with Crippen molar-refractivity contribution < 1.29 is 19.1 Å². The van der Waals surface area contributed by atoms with Gasteiger partial charge in [0.25, 0.3) is 11.1 Å². The van der Waals surface area contributed by atoms with Gasteiger partial charge in [0.2, 0.25) is 0 Å². The predicted molar refractivity (Wildman–Crippen MR) is 68.7 cm³/mol. The Labute approximate surface area is 108 Å². The van der Waals surface area contributed by atoms with Crippen LogP contribution in [0.25, 0.3) is 6.08 Å². The monoisotopic (exact) mass is 265 g/mol. The van der Waals surface area contributed by atoms with Crippen molar-refractivity contribution in [2.45, 2.75) is 0 Å². The minimum atomic E-state index is -0.405. The molecule has 0 atom stereocenters. The molecule has 0 radical (unpaired) electrons. The van der Waals surface area contributed by atoms with Crippen molar-refractivity contribution in [3.05, 3.63) is 28.7 Å². The number of thioether (sulfide) groups is 1. The van der Waals surface area contributed by atoms with Crippen LogP contribution < -0.4 is 14.8 Å². The molecular weight excluding hydrogens is 254 g/mol. The molecule has 94 valence electrons. The first kappa shape index (κ1) is 12.5. The van der Waals surface area contributed by atoms with Gasteiger partial charge in [-0.1, -0.05) is 6.07 Å². The lowest BCUT2D eigenvalue weighted by molar-refractivity contribution is -0.115. The molecule has 0 saturated carbocycles. The highest BCUT2D eigenvalue weighted by atomic mass is 32.2. The molecule has 18 heavy (non-hydrogen) atoms. The third kappa shape index (κ3) is 2.33. The van der Waals surface area contributed by atoms with Crippen LogP contribution >= 0.6 is 11.8 Å². The zero-order valence-corrected chi connectivity index (χ0v) is 10.7. The van der Waals surface area contributed by atoms with Crippen LogP contribution in [0, 0.1) is 0 Å². The van der Waals surface area contributed by atoms with E-state index in [9.17, 15) is 9.59 Å². The number of ether oxygens (including phenoxy) is 2. The van der Waals surface area contributed by atoms with Crippen LogP contribution in [0.4, 0.5) is 4.79 Å². The van der Waals surface area contributed by atoms with E-state index in [0.29, 0.717) is 22.0 Å². The zero-order chi connectivity index (χ0) is 13.1. The topological polar surface area (TPSA) is 64.6 Å². The van der Waals surface area contributed by atoms with E-state index in [4.69, 9.17) is 9.47 Å². The molecule has 1 aliphatic rings. The molecule has 0 aliphatic carbocycles. The van der Waals surface area contributed by atoms with Crippen molar-refractivity contribution >= 4 is 29.0 Å². The van der Waals surface area contributed by atoms with Gasteiger partial charge in [-0.2, -0.15) is 0 Å². The lowest BCUT2D eigenvalue weighted by Gasteiger charge is -2.09. The Balaban J connectivity index is 2.47. The van der Waals surface area contributed by atoms with Crippen LogP contribution in [0.15, 0.2) is 23.1 Å². The molecule has 1 aromatic carbocycles. The third-order valence-electron chi connectivity index (χ3n) is 2.38. The van der Waals surface area contributed by atoms with Crippen molar-refractivity contribution in [1.82, 2.24) is 5.32 Å². The van der Waals surface area contributed by atoms with Crippen molar-refractivity contribution in [2.24, 2.45) is 0 Å². The lowest BCUT2D eigenvalue weighted by Crippen LogP contribution is -2.17. The number of hydrogen-bond acceptors (Lipinski definition) is 5. The minimum Gasteiger partial charge on any atom is -0.496 e. The fraction of sp³-hybridized carbons (Fsp3) is 0.167. The molecule has 0 spiro atoms. The first-order valence-electron chi connectivity index (χ1n) is 5.11. The molecule has 2 amide bonds. The van der Waals surface area contributed by atoms with Gasteiger partial charge >= 0.3 is 0 Å². The molecule has 1 aliphatic heterocycles. The second-order valence-corrected chi connectivity index (χ2v) is 4.44. The van der Waals surface area contributed by atoms with Gasteiger partial charge in [-0.3, -0.25) is 14.9 Å². The molecule has 5 nitrogen and oxygen atoms in total. The van der Waals surface area contributed by atoms with Gasteiger partial charge in [0.05, 0.1) is 24.7 Å². The lowest BCUT2D eigenvalue weighted by atomic mass is 10.1. The molecule has 0 bridgehead atoms. The van der Waals surface area contributed by atoms with Crippen LogP contribution in [0.5, 0.6) is 11.5 Å². The van der Waals surface area contributed by atoms with E-state index in [2.05, 4.69) is 5.32 Å². The Morgan fingerprint density at radius 2 is 1.78 bits per heavy atom. The standard InChI is InChI=1S/C12H11NO4S/c1-16-8-4-3-5-9(17-2)7(8)6-10-11(14)13-12(15)18-10/h3-6H,1-2H3,(H,13,14,15)/b10-6-. The fourth-order valence-corrected chi connectivity index (χ4v) is 2.24. The number of nitrogens with one attached hydrogen (secondary N) is 1. The summed E-state index contributed by atoms with van der Waals surface area (Å²) in [5, 5.41) is 1.82. The number of carbonyl (C=O) groups is 2.